The van der Waals surface area contributed by atoms with Crippen molar-refractivity contribution in [2.24, 2.45) is 5.73 Å². The van der Waals surface area contributed by atoms with Gasteiger partial charge in [0.1, 0.15) is 5.56 Å². The van der Waals surface area contributed by atoms with Gasteiger partial charge in [0.05, 0.1) is 24.9 Å². The van der Waals surface area contributed by atoms with Gasteiger partial charge in [0.25, 0.3) is 0 Å². The first-order valence-electron chi connectivity index (χ1n) is 6.19. The van der Waals surface area contributed by atoms with E-state index in [-0.39, 0.29) is 18.5 Å². The van der Waals surface area contributed by atoms with Crippen LogP contribution in [-0.4, -0.2) is 23.9 Å². The Labute approximate surface area is 126 Å². The Morgan fingerprint density at radius 2 is 1.87 bits per heavy atom. The van der Waals surface area contributed by atoms with Crippen LogP contribution in [0.25, 0.3) is 0 Å². The molecule has 0 spiro atoms. The highest BCUT2D eigenvalue weighted by Gasteiger charge is 2.42. The van der Waals surface area contributed by atoms with Crippen LogP contribution >= 0.6 is 0 Å². The zero-order valence-electron chi connectivity index (χ0n) is 11.7. The number of pyridine rings is 1. The second-order valence-corrected chi connectivity index (χ2v) is 4.15. The second kappa shape index (κ2) is 7.02. The lowest BCUT2D eigenvalue weighted by Gasteiger charge is -2.20. The van der Waals surface area contributed by atoms with Gasteiger partial charge in [-0.05, 0) is 6.92 Å². The molecule has 0 unspecified atom stereocenters. The minimum Gasteiger partial charge on any atom is -0.466 e. The molecule has 0 atom stereocenters. The zero-order chi connectivity index (χ0) is 17.8. The molecule has 0 fully saturated rings. The number of nitrogens with two attached hydrogens (primary N) is 1. The molecule has 11 heteroatoms. The number of rotatable bonds is 5. The van der Waals surface area contributed by atoms with E-state index in [0.29, 0.717) is 0 Å². The van der Waals surface area contributed by atoms with E-state index < -0.39 is 48.3 Å². The molecule has 0 bridgehead atoms. The predicted octanol–water partition coefficient (Wildman–Crippen LogP) is 2.56. The fourth-order valence-corrected chi connectivity index (χ4v) is 1.81. The van der Waals surface area contributed by atoms with Gasteiger partial charge in [-0.15, -0.1) is 13.2 Å². The van der Waals surface area contributed by atoms with Gasteiger partial charge >= 0.3 is 18.5 Å². The van der Waals surface area contributed by atoms with Crippen molar-refractivity contribution in [1.82, 2.24) is 4.98 Å². The summed E-state index contributed by atoms with van der Waals surface area (Å²) in [5, 5.41) is 0. The number of carbonyl (C=O) groups is 1. The lowest BCUT2D eigenvalue weighted by molar-refractivity contribution is -0.276. The van der Waals surface area contributed by atoms with E-state index in [1.807, 2.05) is 0 Å². The number of esters is 1. The zero-order valence-corrected chi connectivity index (χ0v) is 11.7. The summed E-state index contributed by atoms with van der Waals surface area (Å²) in [6.07, 6.45) is -11.2. The van der Waals surface area contributed by atoms with E-state index in [9.17, 15) is 31.1 Å². The third-order valence-electron chi connectivity index (χ3n) is 2.56. The average Bonchev–Trinajstić information content (AvgIpc) is 2.35. The summed E-state index contributed by atoms with van der Waals surface area (Å²) in [6, 6.07) is 0. The molecule has 5 nitrogen and oxygen atoms in total. The summed E-state index contributed by atoms with van der Waals surface area (Å²) in [5.74, 6) is -2.61. The third kappa shape index (κ3) is 5.27. The molecule has 0 aliphatic heterocycles. The van der Waals surface area contributed by atoms with Crippen molar-refractivity contribution in [2.75, 3.05) is 6.61 Å². The lowest BCUT2D eigenvalue weighted by atomic mass is 10.0. The molecule has 0 aliphatic carbocycles. The van der Waals surface area contributed by atoms with Crippen molar-refractivity contribution >= 4 is 5.97 Å². The minimum absolute atomic E-state index is 0.107. The Bertz CT molecular complexity index is 571. The monoisotopic (exact) mass is 346 g/mol. The van der Waals surface area contributed by atoms with E-state index in [0.717, 1.165) is 0 Å². The van der Waals surface area contributed by atoms with Crippen molar-refractivity contribution in [2.45, 2.75) is 32.4 Å². The molecule has 0 radical (unpaired) electrons. The largest absolute Gasteiger partial charge is 0.573 e. The van der Waals surface area contributed by atoms with Crippen LogP contribution < -0.4 is 10.5 Å². The Morgan fingerprint density at radius 1 is 1.26 bits per heavy atom. The second-order valence-electron chi connectivity index (χ2n) is 4.15. The van der Waals surface area contributed by atoms with Gasteiger partial charge in [-0.2, -0.15) is 13.2 Å². The first kappa shape index (κ1) is 19.0. The van der Waals surface area contributed by atoms with Crippen LogP contribution in [0.1, 0.15) is 23.7 Å². The maximum absolute atomic E-state index is 13.2. The van der Waals surface area contributed by atoms with Gasteiger partial charge in [-0.1, -0.05) is 0 Å². The van der Waals surface area contributed by atoms with Crippen molar-refractivity contribution in [3.05, 3.63) is 23.0 Å². The number of ether oxygens (including phenoxy) is 2. The Kier molecular flexibility index (Phi) is 5.81. The van der Waals surface area contributed by atoms with Crippen molar-refractivity contribution in [1.29, 1.82) is 0 Å². The SMILES string of the molecule is CCOC(=O)Cc1c(CN)ncc(OC(F)(F)F)c1C(F)(F)F. The fraction of sp³-hybridized carbons (Fsp3) is 0.500. The molecule has 2 N–H and O–H groups in total. The molecule has 0 aliphatic rings. The maximum Gasteiger partial charge on any atom is 0.573 e. The molecule has 0 aromatic carbocycles. The molecule has 1 aromatic rings. The third-order valence-corrected chi connectivity index (χ3v) is 2.56. The lowest BCUT2D eigenvalue weighted by Crippen LogP contribution is -2.24. The number of nitrogens with zero attached hydrogens (tertiary/aromatic N) is 1. The summed E-state index contributed by atoms with van der Waals surface area (Å²) in [6.45, 7) is 0.808. The van der Waals surface area contributed by atoms with E-state index in [1.165, 1.54) is 6.92 Å². The number of aromatic nitrogens is 1. The quantitative estimate of drug-likeness (QED) is 0.655. The van der Waals surface area contributed by atoms with Crippen LogP contribution in [0.3, 0.4) is 0 Å². The van der Waals surface area contributed by atoms with E-state index in [4.69, 9.17) is 5.73 Å². The van der Waals surface area contributed by atoms with Gasteiger partial charge in [0.15, 0.2) is 5.75 Å². The molecular weight excluding hydrogens is 334 g/mol. The molecule has 1 rings (SSSR count). The van der Waals surface area contributed by atoms with Crippen LogP contribution in [0.5, 0.6) is 5.75 Å². The predicted molar refractivity (Wildman–Crippen MR) is 64.2 cm³/mol. The smallest absolute Gasteiger partial charge is 0.466 e. The van der Waals surface area contributed by atoms with Gasteiger partial charge in [0.2, 0.25) is 0 Å². The number of alkyl halides is 6. The molecule has 0 amide bonds. The highest BCUT2D eigenvalue weighted by atomic mass is 19.4. The molecular formula is C12H12F6N2O3. The van der Waals surface area contributed by atoms with Gasteiger partial charge in [0, 0.05) is 12.1 Å². The van der Waals surface area contributed by atoms with Crippen LogP contribution in [0.15, 0.2) is 6.20 Å². The van der Waals surface area contributed by atoms with Gasteiger partial charge < -0.3 is 15.2 Å². The average molecular weight is 346 g/mol. The highest BCUT2D eigenvalue weighted by Crippen LogP contribution is 2.41. The number of hydrogen-bond donors (Lipinski definition) is 1. The highest BCUT2D eigenvalue weighted by molar-refractivity contribution is 5.74. The van der Waals surface area contributed by atoms with Crippen molar-refractivity contribution in [3.63, 3.8) is 0 Å². The molecule has 0 saturated carbocycles. The Hall–Kier alpha value is -2.04. The summed E-state index contributed by atoms with van der Waals surface area (Å²) < 4.78 is 84.2. The minimum atomic E-state index is -5.35. The normalized spacial score (nSPS) is 12.2. The van der Waals surface area contributed by atoms with Crippen LogP contribution in [0.4, 0.5) is 26.3 Å². The number of hydrogen-bond acceptors (Lipinski definition) is 5. The van der Waals surface area contributed by atoms with Crippen molar-refractivity contribution in [3.8, 4) is 5.75 Å². The molecule has 1 aromatic heterocycles. The fourth-order valence-electron chi connectivity index (χ4n) is 1.81. The van der Waals surface area contributed by atoms with Crippen LogP contribution in [0, 0.1) is 0 Å². The van der Waals surface area contributed by atoms with Crippen molar-refractivity contribution < 1.29 is 40.6 Å². The van der Waals surface area contributed by atoms with Crippen LogP contribution in [-0.2, 0) is 28.7 Å². The molecule has 0 saturated heterocycles. The summed E-state index contributed by atoms with van der Waals surface area (Å²) >= 11 is 0. The first-order chi connectivity index (χ1) is 10.5. The standard InChI is InChI=1S/C12H12F6N2O3/c1-2-22-9(21)3-6-7(4-19)20-5-8(23-12(16,17)18)10(6)11(13,14)15/h5H,2-4,19H2,1H3. The maximum atomic E-state index is 13.2. The summed E-state index contributed by atoms with van der Waals surface area (Å²) in [7, 11) is 0. The summed E-state index contributed by atoms with van der Waals surface area (Å²) in [4.78, 5) is 14.8. The number of carbonyl (C=O) groups excluding carboxylic acids is 1. The van der Waals surface area contributed by atoms with E-state index in [1.54, 1.807) is 0 Å². The molecule has 130 valence electrons. The first-order valence-corrected chi connectivity index (χ1v) is 6.19. The Balaban J connectivity index is 3.48. The van der Waals surface area contributed by atoms with E-state index >= 15 is 0 Å². The molecule has 1 heterocycles. The van der Waals surface area contributed by atoms with E-state index in [2.05, 4.69) is 14.5 Å². The topological polar surface area (TPSA) is 74.4 Å². The van der Waals surface area contributed by atoms with Gasteiger partial charge in [-0.25, -0.2) is 0 Å². The van der Waals surface area contributed by atoms with Gasteiger partial charge in [-0.3, -0.25) is 9.78 Å². The van der Waals surface area contributed by atoms with Crippen LogP contribution in [0.2, 0.25) is 0 Å². The number of halogens is 6. The Morgan fingerprint density at radius 3 is 2.30 bits per heavy atom. The summed E-state index contributed by atoms with van der Waals surface area (Å²) in [5.41, 5.74) is 2.31. The molecule has 23 heavy (non-hydrogen) atoms.